The lowest BCUT2D eigenvalue weighted by atomic mass is 10.0. The summed E-state index contributed by atoms with van der Waals surface area (Å²) in [6.07, 6.45) is 0.140. The van der Waals surface area contributed by atoms with E-state index in [4.69, 9.17) is 10.2 Å². The fourth-order valence-corrected chi connectivity index (χ4v) is 1.70. The molecule has 1 amide bonds. The molecule has 0 aliphatic carbocycles. The molecule has 0 spiro atoms. The Morgan fingerprint density at radius 1 is 1.56 bits per heavy atom. The van der Waals surface area contributed by atoms with E-state index in [1.165, 1.54) is 0 Å². The molecule has 1 unspecified atom stereocenters. The highest BCUT2D eigenvalue weighted by Gasteiger charge is 2.12. The van der Waals surface area contributed by atoms with Crippen LogP contribution in [0.3, 0.4) is 0 Å². The van der Waals surface area contributed by atoms with Crippen LogP contribution in [0.25, 0.3) is 11.1 Å². The van der Waals surface area contributed by atoms with Gasteiger partial charge in [-0.05, 0) is 17.7 Å². The fourth-order valence-electron chi connectivity index (χ4n) is 1.70. The van der Waals surface area contributed by atoms with Gasteiger partial charge >= 0.3 is 5.76 Å². The zero-order valence-corrected chi connectivity index (χ0v) is 9.82. The highest BCUT2D eigenvalue weighted by Crippen LogP contribution is 2.19. The maximum Gasteiger partial charge on any atom is 0.417 e. The molecule has 1 atom stereocenters. The Kier molecular flexibility index (Phi) is 3.45. The number of hydrogen-bond acceptors (Lipinski definition) is 5. The van der Waals surface area contributed by atoms with Crippen LogP contribution in [-0.4, -0.2) is 17.9 Å². The third kappa shape index (κ3) is 2.58. The number of nitrogens with one attached hydrogen (secondary N) is 3. The molecule has 0 aliphatic rings. The predicted octanol–water partition coefficient (Wildman–Crippen LogP) is -0.238. The van der Waals surface area contributed by atoms with Gasteiger partial charge in [0.15, 0.2) is 5.58 Å². The van der Waals surface area contributed by atoms with E-state index in [1.807, 2.05) is 0 Å². The summed E-state index contributed by atoms with van der Waals surface area (Å²) in [5, 5.41) is 0. The molecule has 0 saturated carbocycles. The zero-order valence-electron chi connectivity index (χ0n) is 9.82. The number of nitrogens with two attached hydrogens (primary N) is 1. The van der Waals surface area contributed by atoms with Crippen molar-refractivity contribution in [1.29, 1.82) is 0 Å². The van der Waals surface area contributed by atoms with Gasteiger partial charge in [-0.2, -0.15) is 0 Å². The van der Waals surface area contributed by atoms with Gasteiger partial charge in [0.2, 0.25) is 5.91 Å². The number of hydrazine groups is 1. The normalized spacial score (nSPS) is 12.6. The van der Waals surface area contributed by atoms with Gasteiger partial charge in [-0.25, -0.2) is 10.2 Å². The molecule has 0 fully saturated rings. The lowest BCUT2D eigenvalue weighted by Gasteiger charge is -2.11. The number of carbonyl (C=O) groups is 1. The van der Waals surface area contributed by atoms with Crippen LogP contribution in [0.4, 0.5) is 0 Å². The summed E-state index contributed by atoms with van der Waals surface area (Å²) < 4.78 is 4.93. The van der Waals surface area contributed by atoms with Crippen molar-refractivity contribution in [2.75, 3.05) is 7.05 Å². The second-order valence-electron chi connectivity index (χ2n) is 3.88. The molecule has 5 N–H and O–H groups in total. The molecule has 18 heavy (non-hydrogen) atoms. The van der Waals surface area contributed by atoms with Crippen LogP contribution in [0, 0.1) is 0 Å². The monoisotopic (exact) mass is 250 g/mol. The van der Waals surface area contributed by atoms with Gasteiger partial charge in [0.05, 0.1) is 5.52 Å². The predicted molar refractivity (Wildman–Crippen MR) is 65.6 cm³/mol. The number of benzene rings is 1. The second-order valence-corrected chi connectivity index (χ2v) is 3.88. The first-order valence-corrected chi connectivity index (χ1v) is 5.44. The van der Waals surface area contributed by atoms with E-state index in [9.17, 15) is 9.59 Å². The Bertz CT molecular complexity index is 616. The lowest BCUT2D eigenvalue weighted by molar-refractivity contribution is -0.122. The largest absolute Gasteiger partial charge is 0.417 e. The van der Waals surface area contributed by atoms with Crippen LogP contribution in [0.15, 0.2) is 27.4 Å². The van der Waals surface area contributed by atoms with Gasteiger partial charge in [-0.1, -0.05) is 6.07 Å². The highest BCUT2D eigenvalue weighted by molar-refractivity contribution is 5.77. The van der Waals surface area contributed by atoms with E-state index in [0.717, 1.165) is 5.56 Å². The number of aromatic amines is 1. The average Bonchev–Trinajstić information content (AvgIpc) is 2.68. The molecule has 0 bridgehead atoms. The molecule has 0 aliphatic heterocycles. The minimum Gasteiger partial charge on any atom is -0.408 e. The Morgan fingerprint density at radius 3 is 3.06 bits per heavy atom. The molecule has 2 rings (SSSR count). The Morgan fingerprint density at radius 2 is 2.33 bits per heavy atom. The van der Waals surface area contributed by atoms with Crippen molar-refractivity contribution < 1.29 is 9.21 Å². The molecule has 96 valence electrons. The summed E-state index contributed by atoms with van der Waals surface area (Å²) in [7, 11) is 1.60. The molecular formula is C11H14N4O3. The number of H-pyrrole nitrogens is 1. The molecule has 7 nitrogen and oxygen atoms in total. The Labute approximate surface area is 102 Å². The van der Waals surface area contributed by atoms with Gasteiger partial charge in [-0.3, -0.25) is 15.2 Å². The van der Waals surface area contributed by atoms with E-state index >= 15 is 0 Å². The molecule has 1 heterocycles. The number of amides is 1. The smallest absolute Gasteiger partial charge is 0.408 e. The van der Waals surface area contributed by atoms with Gasteiger partial charge in [-0.15, -0.1) is 0 Å². The van der Waals surface area contributed by atoms with Crippen LogP contribution in [-0.2, 0) is 4.79 Å². The number of carbonyl (C=O) groups excluding carboxylic acids is 1. The summed E-state index contributed by atoms with van der Waals surface area (Å²) in [5.41, 5.74) is 12.7. The topological polar surface area (TPSA) is 113 Å². The number of aromatic nitrogens is 1. The number of rotatable bonds is 4. The number of fused-ring (bicyclic) bond motifs is 1. The third-order valence-electron chi connectivity index (χ3n) is 2.54. The SMILES string of the molecule is CNNC(=O)CC(N)c1ccc2[nH]c(=O)oc2c1. The molecule has 0 saturated heterocycles. The second kappa shape index (κ2) is 5.03. The number of oxazole rings is 1. The van der Waals surface area contributed by atoms with Crippen molar-refractivity contribution in [1.82, 2.24) is 15.8 Å². The lowest BCUT2D eigenvalue weighted by Crippen LogP contribution is -2.36. The summed E-state index contributed by atoms with van der Waals surface area (Å²) >= 11 is 0. The van der Waals surface area contributed by atoms with Crippen molar-refractivity contribution >= 4 is 17.0 Å². The van der Waals surface area contributed by atoms with Gasteiger partial charge < -0.3 is 10.2 Å². The van der Waals surface area contributed by atoms with Crippen LogP contribution in [0.1, 0.15) is 18.0 Å². The number of hydrogen-bond donors (Lipinski definition) is 4. The first-order valence-electron chi connectivity index (χ1n) is 5.44. The van der Waals surface area contributed by atoms with Crippen molar-refractivity contribution in [3.63, 3.8) is 0 Å². The van der Waals surface area contributed by atoms with E-state index < -0.39 is 11.8 Å². The quantitative estimate of drug-likeness (QED) is 0.559. The molecule has 7 heteroatoms. The van der Waals surface area contributed by atoms with E-state index in [-0.39, 0.29) is 12.3 Å². The maximum atomic E-state index is 11.4. The molecular weight excluding hydrogens is 236 g/mol. The molecule has 0 radical (unpaired) electrons. The Hall–Kier alpha value is -2.12. The minimum atomic E-state index is -0.511. The van der Waals surface area contributed by atoms with Gasteiger partial charge in [0.25, 0.3) is 0 Å². The van der Waals surface area contributed by atoms with E-state index in [1.54, 1.807) is 25.2 Å². The van der Waals surface area contributed by atoms with E-state index in [0.29, 0.717) is 11.1 Å². The fraction of sp³-hybridized carbons (Fsp3) is 0.273. The maximum absolute atomic E-state index is 11.4. The zero-order chi connectivity index (χ0) is 13.1. The van der Waals surface area contributed by atoms with Gasteiger partial charge in [0.1, 0.15) is 0 Å². The third-order valence-corrected chi connectivity index (χ3v) is 2.54. The van der Waals surface area contributed by atoms with E-state index in [2.05, 4.69) is 15.8 Å². The summed E-state index contributed by atoms with van der Waals surface area (Å²) in [6.45, 7) is 0. The first kappa shape index (κ1) is 12.3. The summed E-state index contributed by atoms with van der Waals surface area (Å²) in [6, 6.07) is 4.66. The summed E-state index contributed by atoms with van der Waals surface area (Å²) in [4.78, 5) is 24.9. The van der Waals surface area contributed by atoms with Crippen LogP contribution < -0.4 is 22.3 Å². The molecule has 1 aromatic carbocycles. The minimum absolute atomic E-state index is 0.140. The van der Waals surface area contributed by atoms with Crippen molar-refractivity contribution in [3.05, 3.63) is 34.3 Å². The standard InChI is InChI=1S/C11H14N4O3/c1-13-15-10(16)5-7(12)6-2-3-8-9(4-6)18-11(17)14-8/h2-4,7,13H,5,12H2,1H3,(H,14,17)(H,15,16). The van der Waals surface area contributed by atoms with Crippen LogP contribution >= 0.6 is 0 Å². The average molecular weight is 250 g/mol. The van der Waals surface area contributed by atoms with Crippen LogP contribution in [0.2, 0.25) is 0 Å². The van der Waals surface area contributed by atoms with Gasteiger partial charge in [0, 0.05) is 19.5 Å². The molecule has 2 aromatic rings. The Balaban J connectivity index is 2.19. The highest BCUT2D eigenvalue weighted by atomic mass is 16.4. The summed E-state index contributed by atoms with van der Waals surface area (Å²) in [5.74, 6) is -0.718. The van der Waals surface area contributed by atoms with Crippen molar-refractivity contribution in [2.24, 2.45) is 5.73 Å². The van der Waals surface area contributed by atoms with Crippen molar-refractivity contribution in [2.45, 2.75) is 12.5 Å². The molecule has 1 aromatic heterocycles. The van der Waals surface area contributed by atoms with Crippen molar-refractivity contribution in [3.8, 4) is 0 Å². The first-order chi connectivity index (χ1) is 8.60. The van der Waals surface area contributed by atoms with Crippen LogP contribution in [0.5, 0.6) is 0 Å².